The molecule has 2 heterocycles. The van der Waals surface area contributed by atoms with Crippen LogP contribution in [0.4, 0.5) is 5.69 Å². The van der Waals surface area contributed by atoms with E-state index in [-0.39, 0.29) is 17.7 Å². The molecule has 6 heteroatoms. The first kappa shape index (κ1) is 16.5. The molecule has 1 aromatic rings. The maximum atomic E-state index is 12.8. The summed E-state index contributed by atoms with van der Waals surface area (Å²) in [6, 6.07) is 5.36. The Balaban J connectivity index is 1.67. The van der Waals surface area contributed by atoms with Crippen LogP contribution < -0.4 is 5.32 Å². The molecule has 1 N–H and O–H groups in total. The third-order valence-electron chi connectivity index (χ3n) is 4.58. The van der Waals surface area contributed by atoms with Crippen molar-refractivity contribution < 1.29 is 14.4 Å². The van der Waals surface area contributed by atoms with Crippen LogP contribution in [0.15, 0.2) is 18.2 Å². The maximum Gasteiger partial charge on any atom is 0.253 e. The fraction of sp³-hybridized carbons (Fsp3) is 0.500. The smallest absolute Gasteiger partial charge is 0.253 e. The van der Waals surface area contributed by atoms with Gasteiger partial charge in [0.1, 0.15) is 0 Å². The predicted octanol–water partition coefficient (Wildman–Crippen LogP) is 1.66. The highest BCUT2D eigenvalue weighted by Gasteiger charge is 2.24. The number of anilines is 1. The van der Waals surface area contributed by atoms with Gasteiger partial charge in [0.25, 0.3) is 5.91 Å². The van der Waals surface area contributed by atoms with Crippen molar-refractivity contribution in [3.8, 4) is 0 Å². The van der Waals surface area contributed by atoms with Crippen LogP contribution in [0.25, 0.3) is 0 Å². The Hall–Kier alpha value is -2.37. The minimum Gasteiger partial charge on any atom is -0.341 e. The summed E-state index contributed by atoms with van der Waals surface area (Å²) in [4.78, 5) is 39.9. The number of hydrogen-bond acceptors (Lipinski definition) is 3. The van der Waals surface area contributed by atoms with Gasteiger partial charge in [0.2, 0.25) is 11.8 Å². The average molecular weight is 329 g/mol. The van der Waals surface area contributed by atoms with E-state index in [1.807, 2.05) is 16.7 Å². The second-order valence-corrected chi connectivity index (χ2v) is 6.37. The molecule has 0 aromatic heterocycles. The monoisotopic (exact) mass is 329 g/mol. The van der Waals surface area contributed by atoms with Gasteiger partial charge in [0, 0.05) is 43.9 Å². The van der Waals surface area contributed by atoms with Crippen LogP contribution >= 0.6 is 0 Å². The zero-order valence-electron chi connectivity index (χ0n) is 14.0. The second kappa shape index (κ2) is 7.03. The molecule has 2 aliphatic rings. The Morgan fingerprint density at radius 1 is 1.12 bits per heavy atom. The lowest BCUT2D eigenvalue weighted by atomic mass is 10.1. The first-order chi connectivity index (χ1) is 11.6. The van der Waals surface area contributed by atoms with Crippen molar-refractivity contribution in [2.45, 2.75) is 32.6 Å². The molecule has 128 valence electrons. The number of benzene rings is 1. The molecule has 3 rings (SSSR count). The number of carbonyl (C=O) groups excluding carboxylic acids is 3. The van der Waals surface area contributed by atoms with Crippen LogP contribution in [0.1, 0.15) is 42.1 Å². The van der Waals surface area contributed by atoms with Crippen molar-refractivity contribution >= 4 is 23.4 Å². The molecule has 0 saturated carbocycles. The third-order valence-corrected chi connectivity index (χ3v) is 4.58. The van der Waals surface area contributed by atoms with Crippen molar-refractivity contribution in [2.75, 3.05) is 31.5 Å². The van der Waals surface area contributed by atoms with Gasteiger partial charge in [-0.3, -0.25) is 14.4 Å². The molecule has 3 amide bonds. The number of nitrogens with one attached hydrogen (secondary N) is 1. The first-order valence-corrected chi connectivity index (χ1v) is 8.58. The van der Waals surface area contributed by atoms with Crippen LogP contribution in [0.5, 0.6) is 0 Å². The van der Waals surface area contributed by atoms with Gasteiger partial charge in [0.05, 0.1) is 6.42 Å². The van der Waals surface area contributed by atoms with E-state index in [2.05, 4.69) is 5.32 Å². The van der Waals surface area contributed by atoms with Gasteiger partial charge in [0.15, 0.2) is 0 Å². The van der Waals surface area contributed by atoms with Gasteiger partial charge in [-0.25, -0.2) is 0 Å². The second-order valence-electron chi connectivity index (χ2n) is 6.37. The Bertz CT molecular complexity index is 671. The topological polar surface area (TPSA) is 69.7 Å². The number of hydrogen-bond donors (Lipinski definition) is 1. The summed E-state index contributed by atoms with van der Waals surface area (Å²) in [6.07, 6.45) is 2.54. The molecular weight excluding hydrogens is 306 g/mol. The van der Waals surface area contributed by atoms with Gasteiger partial charge in [-0.1, -0.05) is 6.92 Å². The number of carbonyl (C=O) groups is 3. The van der Waals surface area contributed by atoms with E-state index >= 15 is 0 Å². The van der Waals surface area contributed by atoms with Crippen molar-refractivity contribution in [3.05, 3.63) is 29.3 Å². The summed E-state index contributed by atoms with van der Waals surface area (Å²) < 4.78 is 0. The van der Waals surface area contributed by atoms with E-state index in [0.29, 0.717) is 44.6 Å². The molecule has 1 fully saturated rings. The van der Waals surface area contributed by atoms with E-state index < -0.39 is 0 Å². The minimum atomic E-state index is -0.0329. The summed E-state index contributed by atoms with van der Waals surface area (Å²) >= 11 is 0. The van der Waals surface area contributed by atoms with Crippen molar-refractivity contribution in [1.82, 2.24) is 9.80 Å². The number of amides is 3. The summed E-state index contributed by atoms with van der Waals surface area (Å²) in [6.45, 7) is 4.52. The molecule has 0 bridgehead atoms. The molecule has 1 aromatic carbocycles. The van der Waals surface area contributed by atoms with E-state index in [1.54, 1.807) is 18.2 Å². The van der Waals surface area contributed by atoms with Gasteiger partial charge in [-0.05, 0) is 36.6 Å². The first-order valence-electron chi connectivity index (χ1n) is 8.58. The van der Waals surface area contributed by atoms with Crippen molar-refractivity contribution in [1.29, 1.82) is 0 Å². The van der Waals surface area contributed by atoms with E-state index in [0.717, 1.165) is 24.1 Å². The summed E-state index contributed by atoms with van der Waals surface area (Å²) in [5.41, 5.74) is 2.28. The summed E-state index contributed by atoms with van der Waals surface area (Å²) in [7, 11) is 0. The van der Waals surface area contributed by atoms with Gasteiger partial charge in [-0.2, -0.15) is 0 Å². The lowest BCUT2D eigenvalue weighted by Crippen LogP contribution is -2.37. The van der Waals surface area contributed by atoms with E-state index in [4.69, 9.17) is 0 Å². The maximum absolute atomic E-state index is 12.8. The van der Waals surface area contributed by atoms with Crippen LogP contribution in [0, 0.1) is 0 Å². The highest BCUT2D eigenvalue weighted by atomic mass is 16.2. The zero-order chi connectivity index (χ0) is 17.1. The fourth-order valence-corrected chi connectivity index (χ4v) is 3.29. The molecule has 0 atom stereocenters. The normalized spacial score (nSPS) is 17.3. The van der Waals surface area contributed by atoms with Crippen LogP contribution in [-0.4, -0.2) is 53.7 Å². The molecule has 2 aliphatic heterocycles. The van der Waals surface area contributed by atoms with Crippen LogP contribution in [-0.2, 0) is 16.0 Å². The van der Waals surface area contributed by atoms with Crippen LogP contribution in [0.2, 0.25) is 0 Å². The van der Waals surface area contributed by atoms with Gasteiger partial charge >= 0.3 is 0 Å². The van der Waals surface area contributed by atoms with E-state index in [1.165, 1.54) is 0 Å². The van der Waals surface area contributed by atoms with Crippen molar-refractivity contribution in [3.63, 3.8) is 0 Å². The largest absolute Gasteiger partial charge is 0.341 e. The highest BCUT2D eigenvalue weighted by Crippen LogP contribution is 2.24. The third kappa shape index (κ3) is 3.42. The lowest BCUT2D eigenvalue weighted by molar-refractivity contribution is -0.131. The van der Waals surface area contributed by atoms with Gasteiger partial charge < -0.3 is 15.1 Å². The Morgan fingerprint density at radius 2 is 1.88 bits per heavy atom. The molecule has 6 nitrogen and oxygen atoms in total. The molecule has 1 saturated heterocycles. The zero-order valence-corrected chi connectivity index (χ0v) is 14.0. The molecular formula is C18H23N3O3. The standard InChI is InChI=1S/C18H23N3O3/c1-2-4-17(23)20-7-3-8-21(10-9-20)18(24)13-5-6-15-14(11-13)12-16(22)19-15/h5-6,11H,2-4,7-10,12H2,1H3,(H,19,22). The Labute approximate surface area is 141 Å². The quantitative estimate of drug-likeness (QED) is 0.917. The lowest BCUT2D eigenvalue weighted by Gasteiger charge is -2.22. The van der Waals surface area contributed by atoms with Crippen LogP contribution in [0.3, 0.4) is 0 Å². The molecule has 0 radical (unpaired) electrons. The molecule has 0 unspecified atom stereocenters. The molecule has 0 aliphatic carbocycles. The number of rotatable bonds is 3. The fourth-order valence-electron chi connectivity index (χ4n) is 3.29. The Morgan fingerprint density at radius 3 is 2.67 bits per heavy atom. The van der Waals surface area contributed by atoms with Gasteiger partial charge in [-0.15, -0.1) is 0 Å². The summed E-state index contributed by atoms with van der Waals surface area (Å²) in [5, 5.41) is 2.78. The molecule has 24 heavy (non-hydrogen) atoms. The van der Waals surface area contributed by atoms with E-state index in [9.17, 15) is 14.4 Å². The number of fused-ring (bicyclic) bond motifs is 1. The predicted molar refractivity (Wildman–Crippen MR) is 90.8 cm³/mol. The Kier molecular flexibility index (Phi) is 4.83. The SMILES string of the molecule is CCCC(=O)N1CCCN(C(=O)c2ccc3c(c2)CC(=O)N3)CC1. The minimum absolute atomic E-state index is 0.0260. The highest BCUT2D eigenvalue weighted by molar-refractivity contribution is 6.01. The number of nitrogens with zero attached hydrogens (tertiary/aromatic N) is 2. The molecule has 0 spiro atoms. The van der Waals surface area contributed by atoms with Crippen molar-refractivity contribution in [2.24, 2.45) is 0 Å². The average Bonchev–Trinajstić information content (AvgIpc) is 2.78. The summed E-state index contributed by atoms with van der Waals surface area (Å²) in [5.74, 6) is 0.116.